The second kappa shape index (κ2) is 5.76. The predicted molar refractivity (Wildman–Crippen MR) is 71.8 cm³/mol. The number of nitrogens with one attached hydrogen (secondary N) is 1. The van der Waals surface area contributed by atoms with Gasteiger partial charge in [-0.1, -0.05) is 29.3 Å². The van der Waals surface area contributed by atoms with Crippen molar-refractivity contribution in [3.8, 4) is 5.75 Å². The first-order valence-electron chi connectivity index (χ1n) is 5.62. The number of halogens is 2. The number of hydrogen-bond donors (Lipinski definition) is 1. The Morgan fingerprint density at radius 3 is 3.12 bits per heavy atom. The Morgan fingerprint density at radius 2 is 2.41 bits per heavy atom. The van der Waals surface area contributed by atoms with Gasteiger partial charge in [0.1, 0.15) is 12.4 Å². The molecule has 0 aromatic heterocycles. The van der Waals surface area contributed by atoms with Crippen LogP contribution in [0.5, 0.6) is 5.75 Å². The van der Waals surface area contributed by atoms with Crippen molar-refractivity contribution in [2.45, 2.75) is 18.9 Å². The summed E-state index contributed by atoms with van der Waals surface area (Å²) in [4.78, 5) is 0. The largest absolute Gasteiger partial charge is 0.488 e. The van der Waals surface area contributed by atoms with E-state index in [1.165, 1.54) is 16.7 Å². The van der Waals surface area contributed by atoms with Gasteiger partial charge in [0.15, 0.2) is 0 Å². The lowest BCUT2D eigenvalue weighted by molar-refractivity contribution is 0.359. The van der Waals surface area contributed by atoms with Gasteiger partial charge in [0, 0.05) is 11.6 Å². The van der Waals surface area contributed by atoms with Gasteiger partial charge in [0.25, 0.3) is 0 Å². The van der Waals surface area contributed by atoms with Crippen molar-refractivity contribution in [3.63, 3.8) is 0 Å². The van der Waals surface area contributed by atoms with Crippen LogP contribution in [0, 0.1) is 0 Å². The number of fused-ring (bicyclic) bond motifs is 1. The lowest BCUT2D eigenvalue weighted by Crippen LogP contribution is -2.12. The van der Waals surface area contributed by atoms with E-state index in [2.05, 4.69) is 17.4 Å². The average Bonchev–Trinajstić information content (AvgIpc) is 2.78. The lowest BCUT2D eigenvalue weighted by Gasteiger charge is -2.11. The van der Waals surface area contributed by atoms with Crippen LogP contribution in [-0.4, -0.2) is 13.7 Å². The van der Waals surface area contributed by atoms with E-state index < -0.39 is 0 Å². The van der Waals surface area contributed by atoms with Crippen LogP contribution in [0.2, 0.25) is 0 Å². The normalized spacial score (nSPS) is 19.2. The van der Waals surface area contributed by atoms with Crippen LogP contribution in [0.1, 0.15) is 23.6 Å². The van der Waals surface area contributed by atoms with E-state index in [0.29, 0.717) is 17.7 Å². The highest BCUT2D eigenvalue weighted by Crippen LogP contribution is 2.33. The van der Waals surface area contributed by atoms with E-state index in [9.17, 15) is 0 Å². The molecule has 1 unspecified atom stereocenters. The molecule has 1 aliphatic rings. The molecule has 0 fully saturated rings. The van der Waals surface area contributed by atoms with Crippen molar-refractivity contribution in [1.82, 2.24) is 5.32 Å². The van der Waals surface area contributed by atoms with Gasteiger partial charge in [-0.15, -0.1) is 0 Å². The minimum absolute atomic E-state index is 0.319. The Balaban J connectivity index is 2.08. The van der Waals surface area contributed by atoms with Gasteiger partial charge in [0.05, 0.1) is 5.03 Å². The molecule has 2 nitrogen and oxygen atoms in total. The summed E-state index contributed by atoms with van der Waals surface area (Å²) in [6.07, 6.45) is 2.24. The topological polar surface area (TPSA) is 21.3 Å². The quantitative estimate of drug-likeness (QED) is 0.904. The Labute approximate surface area is 112 Å². The number of hydrogen-bond acceptors (Lipinski definition) is 2. The number of aryl methyl sites for hydroxylation is 1. The molecule has 1 N–H and O–H groups in total. The highest BCUT2D eigenvalue weighted by Gasteiger charge is 2.20. The summed E-state index contributed by atoms with van der Waals surface area (Å²) in [5.74, 6) is 0.845. The maximum absolute atomic E-state index is 5.77. The van der Waals surface area contributed by atoms with Gasteiger partial charge in [-0.25, -0.2) is 0 Å². The van der Waals surface area contributed by atoms with Crippen LogP contribution < -0.4 is 10.1 Å². The summed E-state index contributed by atoms with van der Waals surface area (Å²) in [5.41, 5.74) is 4.05. The molecule has 17 heavy (non-hydrogen) atoms. The molecule has 0 bridgehead atoms. The van der Waals surface area contributed by atoms with Gasteiger partial charge >= 0.3 is 0 Å². The molecule has 0 saturated carbocycles. The molecule has 0 radical (unpaired) electrons. The molecule has 4 heteroatoms. The summed E-state index contributed by atoms with van der Waals surface area (Å²) in [7, 11) is 2.00. The molecule has 1 aliphatic carbocycles. The Kier molecular flexibility index (Phi) is 4.32. The average molecular weight is 272 g/mol. The van der Waals surface area contributed by atoms with Gasteiger partial charge in [-0.2, -0.15) is 0 Å². The molecular formula is C13H15Cl2NO. The second-order valence-electron chi connectivity index (χ2n) is 4.09. The Hall–Kier alpha value is -0.700. The standard InChI is InChI=1S/C13H15Cl2NO/c1-16-13-5-2-9-6-11(3-4-12(9)13)17-8-10(15)7-14/h3-4,6-7,13,16H,2,5,8H2,1H3/b10-7-. The summed E-state index contributed by atoms with van der Waals surface area (Å²) < 4.78 is 5.55. The highest BCUT2D eigenvalue weighted by molar-refractivity contribution is 6.36. The molecular weight excluding hydrogens is 257 g/mol. The first-order valence-corrected chi connectivity index (χ1v) is 6.43. The van der Waals surface area contributed by atoms with Gasteiger partial charge in [-0.05, 0) is 43.1 Å². The third-order valence-corrected chi connectivity index (χ3v) is 3.63. The third kappa shape index (κ3) is 2.95. The third-order valence-electron chi connectivity index (χ3n) is 3.04. The van der Waals surface area contributed by atoms with Gasteiger partial charge in [-0.3, -0.25) is 0 Å². The van der Waals surface area contributed by atoms with Crippen LogP contribution in [0.15, 0.2) is 28.8 Å². The van der Waals surface area contributed by atoms with E-state index in [1.807, 2.05) is 13.1 Å². The van der Waals surface area contributed by atoms with Crippen molar-refractivity contribution in [2.24, 2.45) is 0 Å². The van der Waals surface area contributed by atoms with E-state index in [-0.39, 0.29) is 0 Å². The Morgan fingerprint density at radius 1 is 1.59 bits per heavy atom. The van der Waals surface area contributed by atoms with Crippen molar-refractivity contribution in [1.29, 1.82) is 0 Å². The van der Waals surface area contributed by atoms with Crippen LogP contribution in [0.4, 0.5) is 0 Å². The van der Waals surface area contributed by atoms with Gasteiger partial charge < -0.3 is 10.1 Å². The van der Waals surface area contributed by atoms with Gasteiger partial charge in [0.2, 0.25) is 0 Å². The number of benzene rings is 1. The van der Waals surface area contributed by atoms with E-state index in [4.69, 9.17) is 27.9 Å². The van der Waals surface area contributed by atoms with Crippen molar-refractivity contribution in [2.75, 3.05) is 13.7 Å². The van der Waals surface area contributed by atoms with E-state index >= 15 is 0 Å². The number of rotatable bonds is 4. The lowest BCUT2D eigenvalue weighted by atomic mass is 10.1. The fourth-order valence-corrected chi connectivity index (χ4v) is 2.28. The summed E-state index contributed by atoms with van der Waals surface area (Å²) in [5, 5.41) is 3.81. The zero-order valence-electron chi connectivity index (χ0n) is 9.67. The smallest absolute Gasteiger partial charge is 0.125 e. The molecule has 0 saturated heterocycles. The molecule has 1 atom stereocenters. The fraction of sp³-hybridized carbons (Fsp3) is 0.385. The van der Waals surface area contributed by atoms with Crippen LogP contribution in [-0.2, 0) is 6.42 Å². The summed E-state index contributed by atoms with van der Waals surface area (Å²) in [6, 6.07) is 6.67. The molecule has 2 rings (SSSR count). The fourth-order valence-electron chi connectivity index (χ4n) is 2.17. The molecule has 0 amide bonds. The SMILES string of the molecule is CNC1CCc2cc(OC/C(Cl)=C/Cl)ccc21. The zero-order chi connectivity index (χ0) is 12.3. The molecule has 0 spiro atoms. The molecule has 92 valence electrons. The van der Waals surface area contributed by atoms with E-state index in [1.54, 1.807) is 0 Å². The highest BCUT2D eigenvalue weighted by atomic mass is 35.5. The molecule has 0 aliphatic heterocycles. The molecule has 0 heterocycles. The first kappa shape index (κ1) is 12.7. The predicted octanol–water partition coefficient (Wildman–Crippen LogP) is 3.59. The van der Waals surface area contributed by atoms with Crippen molar-refractivity contribution >= 4 is 23.2 Å². The van der Waals surface area contributed by atoms with Crippen LogP contribution in [0.3, 0.4) is 0 Å². The number of ether oxygens (including phenoxy) is 1. The summed E-state index contributed by atoms with van der Waals surface area (Å²) in [6.45, 7) is 0.319. The van der Waals surface area contributed by atoms with Crippen LogP contribution in [0.25, 0.3) is 0 Å². The maximum Gasteiger partial charge on any atom is 0.125 e. The monoisotopic (exact) mass is 271 g/mol. The second-order valence-corrected chi connectivity index (χ2v) is 4.79. The minimum Gasteiger partial charge on any atom is -0.488 e. The Bertz CT molecular complexity index is 431. The van der Waals surface area contributed by atoms with E-state index in [0.717, 1.165) is 18.6 Å². The zero-order valence-corrected chi connectivity index (χ0v) is 11.2. The minimum atomic E-state index is 0.319. The molecule has 1 aromatic carbocycles. The first-order chi connectivity index (χ1) is 8.24. The van der Waals surface area contributed by atoms with Crippen molar-refractivity contribution < 1.29 is 4.74 Å². The molecule has 1 aromatic rings. The van der Waals surface area contributed by atoms with Crippen LogP contribution >= 0.6 is 23.2 Å². The summed E-state index contributed by atoms with van der Waals surface area (Å²) >= 11 is 11.2. The maximum atomic E-state index is 5.77. The van der Waals surface area contributed by atoms with Crippen molar-refractivity contribution in [3.05, 3.63) is 39.9 Å².